The van der Waals surface area contributed by atoms with Gasteiger partial charge >= 0.3 is 5.97 Å². The molecule has 7 heteroatoms. The summed E-state index contributed by atoms with van der Waals surface area (Å²) in [5, 5.41) is 11.5. The van der Waals surface area contributed by atoms with E-state index in [9.17, 15) is 19.5 Å². The van der Waals surface area contributed by atoms with E-state index in [0.717, 1.165) is 11.3 Å². The van der Waals surface area contributed by atoms with Gasteiger partial charge in [-0.1, -0.05) is 13.0 Å². The average Bonchev–Trinajstić information content (AvgIpc) is 3.23. The molecule has 3 heterocycles. The number of fused-ring (bicyclic) bond motifs is 1. The lowest BCUT2D eigenvalue weighted by molar-refractivity contribution is -0.149. The number of carbonyl (C=O) groups is 3. The quantitative estimate of drug-likeness (QED) is 0.818. The molecule has 3 rings (SSSR count). The number of hydrogen-bond donors (Lipinski definition) is 1. The number of carbonyl (C=O) groups excluding carboxylic acids is 2. The highest BCUT2D eigenvalue weighted by molar-refractivity contribution is 7.10. The Hall–Kier alpha value is -2.15. The second kappa shape index (κ2) is 6.05. The van der Waals surface area contributed by atoms with E-state index in [1.807, 2.05) is 13.0 Å². The Morgan fingerprint density at radius 2 is 2.25 bits per heavy atom. The van der Waals surface area contributed by atoms with Gasteiger partial charge in [-0.25, -0.2) is 0 Å². The van der Waals surface area contributed by atoms with Crippen molar-refractivity contribution in [2.75, 3.05) is 26.2 Å². The van der Waals surface area contributed by atoms with Gasteiger partial charge < -0.3 is 14.9 Å². The van der Waals surface area contributed by atoms with Crippen LogP contribution in [0.5, 0.6) is 0 Å². The number of carboxylic acids is 1. The molecule has 2 atom stereocenters. The molecule has 1 N–H and O–H groups in total. The summed E-state index contributed by atoms with van der Waals surface area (Å²) in [5.74, 6) is -2.08. The van der Waals surface area contributed by atoms with Crippen molar-refractivity contribution in [1.29, 1.82) is 0 Å². The number of nitrogens with zero attached hydrogens (tertiary/aromatic N) is 2. The number of rotatable bonds is 5. The number of likely N-dealkylation sites (tertiary alicyclic amines) is 2. The molecule has 2 aliphatic rings. The third kappa shape index (κ3) is 2.43. The minimum Gasteiger partial charge on any atom is -0.481 e. The van der Waals surface area contributed by atoms with Crippen molar-refractivity contribution in [1.82, 2.24) is 9.80 Å². The zero-order chi connectivity index (χ0) is 17.5. The van der Waals surface area contributed by atoms with Gasteiger partial charge in [0.15, 0.2) is 0 Å². The lowest BCUT2D eigenvalue weighted by atomic mass is 9.81. The maximum atomic E-state index is 12.7. The Balaban J connectivity index is 1.84. The molecule has 0 radical (unpaired) electrons. The first-order chi connectivity index (χ1) is 11.4. The van der Waals surface area contributed by atoms with Crippen LogP contribution < -0.4 is 0 Å². The zero-order valence-corrected chi connectivity index (χ0v) is 14.3. The second-order valence-corrected chi connectivity index (χ2v) is 7.36. The Bertz CT molecular complexity index is 713. The van der Waals surface area contributed by atoms with Crippen molar-refractivity contribution < 1.29 is 19.5 Å². The van der Waals surface area contributed by atoms with Crippen molar-refractivity contribution in [2.45, 2.75) is 13.3 Å². The van der Waals surface area contributed by atoms with Crippen molar-refractivity contribution in [2.24, 2.45) is 11.3 Å². The Morgan fingerprint density at radius 1 is 1.50 bits per heavy atom. The number of thiophene rings is 1. The van der Waals surface area contributed by atoms with Gasteiger partial charge in [0.25, 0.3) is 5.91 Å². The van der Waals surface area contributed by atoms with Crippen LogP contribution in [0.4, 0.5) is 0 Å². The summed E-state index contributed by atoms with van der Waals surface area (Å²) in [6.45, 7) is 6.33. The first kappa shape index (κ1) is 16.7. The van der Waals surface area contributed by atoms with Gasteiger partial charge in [0, 0.05) is 36.4 Å². The van der Waals surface area contributed by atoms with Gasteiger partial charge in [-0.15, -0.1) is 17.9 Å². The van der Waals surface area contributed by atoms with Gasteiger partial charge in [-0.05, 0) is 12.5 Å². The molecule has 1 aromatic heterocycles. The second-order valence-electron chi connectivity index (χ2n) is 6.36. The third-order valence-electron chi connectivity index (χ3n) is 4.94. The monoisotopic (exact) mass is 348 g/mol. The van der Waals surface area contributed by atoms with Gasteiger partial charge in [0.05, 0.1) is 11.5 Å². The normalized spacial score (nSPS) is 25.9. The summed E-state index contributed by atoms with van der Waals surface area (Å²) in [4.78, 5) is 41.3. The summed E-state index contributed by atoms with van der Waals surface area (Å²) < 4.78 is 0. The van der Waals surface area contributed by atoms with Crippen LogP contribution in [0.15, 0.2) is 24.1 Å². The van der Waals surface area contributed by atoms with Gasteiger partial charge in [-0.2, -0.15) is 0 Å². The summed E-state index contributed by atoms with van der Waals surface area (Å²) in [7, 11) is 0. The highest BCUT2D eigenvalue weighted by atomic mass is 32.1. The summed E-state index contributed by atoms with van der Waals surface area (Å²) in [5.41, 5.74) is -0.632. The molecule has 0 spiro atoms. The van der Waals surface area contributed by atoms with Crippen LogP contribution in [-0.4, -0.2) is 58.9 Å². The Morgan fingerprint density at radius 3 is 2.79 bits per heavy atom. The molecule has 2 aliphatic heterocycles. The Labute approximate surface area is 144 Å². The Kier molecular flexibility index (Phi) is 4.21. The van der Waals surface area contributed by atoms with Gasteiger partial charge in [0.2, 0.25) is 5.91 Å². The molecule has 0 aliphatic carbocycles. The molecule has 2 fully saturated rings. The number of hydrogen-bond acceptors (Lipinski definition) is 4. The number of aryl methyl sites for hydroxylation is 1. The SMILES string of the molecule is C=CCN1C[C@@]2(C(=O)O)CN(C(=O)c3csc(CC)c3)C[C@H]2C1=O. The van der Waals surface area contributed by atoms with E-state index < -0.39 is 17.3 Å². The van der Waals surface area contributed by atoms with E-state index in [0.29, 0.717) is 12.1 Å². The van der Waals surface area contributed by atoms with E-state index in [4.69, 9.17) is 0 Å². The molecule has 1 aromatic rings. The molecular weight excluding hydrogens is 328 g/mol. The predicted molar refractivity (Wildman–Crippen MR) is 89.9 cm³/mol. The van der Waals surface area contributed by atoms with Crippen molar-refractivity contribution >= 4 is 29.1 Å². The maximum Gasteiger partial charge on any atom is 0.314 e. The van der Waals surface area contributed by atoms with Gasteiger partial charge in [0.1, 0.15) is 5.41 Å². The van der Waals surface area contributed by atoms with Crippen LogP contribution in [0.25, 0.3) is 0 Å². The van der Waals surface area contributed by atoms with Crippen LogP contribution in [-0.2, 0) is 16.0 Å². The fraction of sp³-hybridized carbons (Fsp3) is 0.471. The van der Waals surface area contributed by atoms with Crippen molar-refractivity contribution in [3.63, 3.8) is 0 Å². The molecule has 0 aromatic carbocycles. The largest absolute Gasteiger partial charge is 0.481 e. The van der Waals surface area contributed by atoms with Crippen LogP contribution in [0.2, 0.25) is 0 Å². The van der Waals surface area contributed by atoms with Crippen LogP contribution in [0, 0.1) is 11.3 Å². The van der Waals surface area contributed by atoms with Crippen molar-refractivity contribution in [3.05, 3.63) is 34.5 Å². The van der Waals surface area contributed by atoms with Crippen LogP contribution in [0.1, 0.15) is 22.2 Å². The van der Waals surface area contributed by atoms with E-state index in [1.165, 1.54) is 21.1 Å². The highest BCUT2D eigenvalue weighted by Crippen LogP contribution is 2.44. The molecule has 6 nitrogen and oxygen atoms in total. The molecule has 2 amide bonds. The highest BCUT2D eigenvalue weighted by Gasteiger charge is 2.62. The van der Waals surface area contributed by atoms with Crippen molar-refractivity contribution in [3.8, 4) is 0 Å². The van der Waals surface area contributed by atoms with Crippen LogP contribution >= 0.6 is 11.3 Å². The molecule has 128 valence electrons. The average molecular weight is 348 g/mol. The summed E-state index contributed by atoms with van der Waals surface area (Å²) >= 11 is 1.52. The first-order valence-corrected chi connectivity index (χ1v) is 8.80. The minimum absolute atomic E-state index is 0.0719. The molecule has 24 heavy (non-hydrogen) atoms. The number of aliphatic carboxylic acids is 1. The lowest BCUT2D eigenvalue weighted by Gasteiger charge is -2.24. The summed E-state index contributed by atoms with van der Waals surface area (Å²) in [6, 6.07) is 1.85. The first-order valence-electron chi connectivity index (χ1n) is 7.92. The van der Waals surface area contributed by atoms with E-state index in [-0.39, 0.29) is 31.4 Å². The predicted octanol–water partition coefficient (Wildman–Crippen LogP) is 1.48. The smallest absolute Gasteiger partial charge is 0.314 e. The molecule has 0 saturated carbocycles. The number of amides is 2. The fourth-order valence-corrected chi connectivity index (χ4v) is 4.44. The standard InChI is InChI=1S/C17H20N2O4S/c1-3-5-18-9-17(16(22)23)10-19(7-13(17)15(18)21)14(20)11-6-12(4-2)24-8-11/h3,6,8,13H,1,4-5,7,9-10H2,2H3,(H,22,23)/t13-,17+/m0/s1. The van der Waals surface area contributed by atoms with E-state index in [1.54, 1.807) is 11.5 Å². The molecule has 2 saturated heterocycles. The number of carboxylic acid groups (broad SMARTS) is 1. The summed E-state index contributed by atoms with van der Waals surface area (Å²) in [6.07, 6.45) is 2.45. The maximum absolute atomic E-state index is 12.7. The van der Waals surface area contributed by atoms with E-state index in [2.05, 4.69) is 6.58 Å². The lowest BCUT2D eigenvalue weighted by Crippen LogP contribution is -2.42. The minimum atomic E-state index is -1.21. The molecule has 0 bridgehead atoms. The topological polar surface area (TPSA) is 77.9 Å². The van der Waals surface area contributed by atoms with Gasteiger partial charge in [-0.3, -0.25) is 14.4 Å². The fourth-order valence-electron chi connectivity index (χ4n) is 3.63. The third-order valence-corrected chi connectivity index (χ3v) is 6.02. The molecular formula is C17H20N2O4S. The molecule has 0 unspecified atom stereocenters. The van der Waals surface area contributed by atoms with E-state index >= 15 is 0 Å². The van der Waals surface area contributed by atoms with Crippen LogP contribution in [0.3, 0.4) is 0 Å². The zero-order valence-electron chi connectivity index (χ0n) is 13.5.